The van der Waals surface area contributed by atoms with Gasteiger partial charge in [-0.3, -0.25) is 9.97 Å². The van der Waals surface area contributed by atoms with E-state index in [1.54, 1.807) is 18.6 Å². The third kappa shape index (κ3) is 6.67. The van der Waals surface area contributed by atoms with Gasteiger partial charge in [0.25, 0.3) is 0 Å². The van der Waals surface area contributed by atoms with Crippen molar-refractivity contribution in [3.8, 4) is 0 Å². The number of morpholine rings is 1. The molecule has 2 aliphatic rings. The minimum atomic E-state index is 0.260. The van der Waals surface area contributed by atoms with Crippen LogP contribution < -0.4 is 10.2 Å². The summed E-state index contributed by atoms with van der Waals surface area (Å²) in [6, 6.07) is 6.64. The van der Waals surface area contributed by atoms with Crippen LogP contribution in [0.25, 0.3) is 11.8 Å². The summed E-state index contributed by atoms with van der Waals surface area (Å²) in [5, 5.41) is 3.58. The number of aryl methyl sites for hydroxylation is 1. The van der Waals surface area contributed by atoms with Gasteiger partial charge in [-0.1, -0.05) is 13.0 Å². The maximum absolute atomic E-state index is 5.54. The number of rotatable bonds is 7. The lowest BCUT2D eigenvalue weighted by Crippen LogP contribution is -2.47. The molecule has 1 atom stereocenters. The number of amidine groups is 1. The number of nitrogens with one attached hydrogen (secondary N) is 1. The molecule has 0 bridgehead atoms. The average Bonchev–Trinajstić information content (AvgIpc) is 2.88. The van der Waals surface area contributed by atoms with E-state index in [0.29, 0.717) is 0 Å². The monoisotopic (exact) mass is 476 g/mol. The molecule has 1 aromatic heterocycles. The SMILES string of the molecule is CCN(CC1(C)CCCNC1)C(C)=N/C(=C\c1cnccn1)c1ccc(N2CCOCC2)c(C)c1. The van der Waals surface area contributed by atoms with Gasteiger partial charge in [-0.05, 0) is 69.3 Å². The van der Waals surface area contributed by atoms with E-state index in [4.69, 9.17) is 9.73 Å². The van der Waals surface area contributed by atoms with Crippen molar-refractivity contribution in [2.75, 3.05) is 57.4 Å². The topological polar surface area (TPSA) is 65.9 Å². The summed E-state index contributed by atoms with van der Waals surface area (Å²) in [6.45, 7) is 16.4. The average molecular weight is 477 g/mol. The second kappa shape index (κ2) is 11.8. The molecule has 188 valence electrons. The number of aromatic nitrogens is 2. The first-order chi connectivity index (χ1) is 17.0. The molecule has 7 heteroatoms. The van der Waals surface area contributed by atoms with Gasteiger partial charge in [0.1, 0.15) is 5.84 Å². The van der Waals surface area contributed by atoms with E-state index in [9.17, 15) is 0 Å². The van der Waals surface area contributed by atoms with Gasteiger partial charge in [-0.25, -0.2) is 4.99 Å². The van der Waals surface area contributed by atoms with Crippen LogP contribution in [0.15, 0.2) is 41.8 Å². The van der Waals surface area contributed by atoms with E-state index in [2.05, 4.69) is 71.0 Å². The Kier molecular flexibility index (Phi) is 8.52. The molecule has 1 unspecified atom stereocenters. The van der Waals surface area contributed by atoms with Gasteiger partial charge in [0.2, 0.25) is 0 Å². The minimum Gasteiger partial charge on any atom is -0.378 e. The number of piperidine rings is 1. The lowest BCUT2D eigenvalue weighted by atomic mass is 9.82. The largest absolute Gasteiger partial charge is 0.378 e. The van der Waals surface area contributed by atoms with E-state index < -0.39 is 0 Å². The number of anilines is 1. The van der Waals surface area contributed by atoms with Gasteiger partial charge in [0.15, 0.2) is 0 Å². The predicted molar refractivity (Wildman–Crippen MR) is 145 cm³/mol. The van der Waals surface area contributed by atoms with Crippen molar-refractivity contribution in [3.63, 3.8) is 0 Å². The molecule has 0 spiro atoms. The summed E-state index contributed by atoms with van der Waals surface area (Å²) in [4.78, 5) is 18.7. The van der Waals surface area contributed by atoms with Gasteiger partial charge in [-0.15, -0.1) is 0 Å². The highest BCUT2D eigenvalue weighted by Gasteiger charge is 2.29. The fourth-order valence-electron chi connectivity index (χ4n) is 5.09. The maximum Gasteiger partial charge on any atom is 0.102 e. The third-order valence-corrected chi connectivity index (χ3v) is 7.09. The smallest absolute Gasteiger partial charge is 0.102 e. The van der Waals surface area contributed by atoms with E-state index >= 15 is 0 Å². The van der Waals surface area contributed by atoms with Crippen molar-refractivity contribution in [2.45, 2.75) is 40.5 Å². The molecular weight excluding hydrogens is 436 g/mol. The fraction of sp³-hybridized carbons (Fsp3) is 0.536. The molecule has 35 heavy (non-hydrogen) atoms. The second-order valence-electron chi connectivity index (χ2n) is 10.0. The molecule has 1 N–H and O–H groups in total. The normalized spacial score (nSPS) is 21.8. The van der Waals surface area contributed by atoms with Gasteiger partial charge >= 0.3 is 0 Å². The van der Waals surface area contributed by atoms with Crippen LogP contribution in [0.3, 0.4) is 0 Å². The van der Waals surface area contributed by atoms with Crippen molar-refractivity contribution in [2.24, 2.45) is 10.4 Å². The zero-order valence-corrected chi connectivity index (χ0v) is 21.8. The first-order valence-corrected chi connectivity index (χ1v) is 12.9. The number of aliphatic imine (C=N–C) groups is 1. The number of benzene rings is 1. The lowest BCUT2D eigenvalue weighted by Gasteiger charge is -2.39. The minimum absolute atomic E-state index is 0.260. The number of nitrogens with zero attached hydrogens (tertiary/aromatic N) is 5. The zero-order chi connectivity index (χ0) is 24.7. The lowest BCUT2D eigenvalue weighted by molar-refractivity contribution is 0.122. The van der Waals surface area contributed by atoms with Crippen LogP contribution in [0.1, 0.15) is 50.4 Å². The van der Waals surface area contributed by atoms with Crippen LogP contribution in [0.2, 0.25) is 0 Å². The molecule has 0 saturated carbocycles. The molecule has 3 heterocycles. The van der Waals surface area contributed by atoms with E-state index in [1.165, 1.54) is 24.1 Å². The Hall–Kier alpha value is -2.77. The molecule has 4 rings (SSSR count). The molecule has 2 aliphatic heterocycles. The Morgan fingerprint density at radius 1 is 1.29 bits per heavy atom. The van der Waals surface area contributed by atoms with E-state index in [1.807, 2.05) is 6.08 Å². The number of hydrogen-bond acceptors (Lipinski definition) is 6. The van der Waals surface area contributed by atoms with Gasteiger partial charge in [0, 0.05) is 56.4 Å². The molecule has 2 fully saturated rings. The van der Waals surface area contributed by atoms with Gasteiger partial charge < -0.3 is 19.9 Å². The Balaban J connectivity index is 1.64. The summed E-state index contributed by atoms with van der Waals surface area (Å²) >= 11 is 0. The summed E-state index contributed by atoms with van der Waals surface area (Å²) in [7, 11) is 0. The van der Waals surface area contributed by atoms with Crippen LogP contribution in [0.5, 0.6) is 0 Å². The highest BCUT2D eigenvalue weighted by atomic mass is 16.5. The van der Waals surface area contributed by atoms with E-state index in [0.717, 1.165) is 75.3 Å². The summed E-state index contributed by atoms with van der Waals surface area (Å²) < 4.78 is 5.54. The van der Waals surface area contributed by atoms with Crippen LogP contribution in [-0.2, 0) is 4.74 Å². The zero-order valence-electron chi connectivity index (χ0n) is 21.8. The Morgan fingerprint density at radius 2 is 2.11 bits per heavy atom. The Labute approximate surface area is 210 Å². The quantitative estimate of drug-likeness (QED) is 0.476. The number of hydrogen-bond donors (Lipinski definition) is 1. The standard InChI is InChI=1S/C28H40N6O/c1-5-33(21-28(4)9-6-10-30-20-28)23(3)32-26(18-25-19-29-11-12-31-25)24-7-8-27(22(2)17-24)34-13-15-35-16-14-34/h7-8,11-12,17-19,30H,5-6,9-10,13-16,20-21H2,1-4H3/b26-18-,32-23?. The van der Waals surface area contributed by atoms with Gasteiger partial charge in [-0.2, -0.15) is 0 Å². The predicted octanol–water partition coefficient (Wildman–Crippen LogP) is 4.25. The molecule has 7 nitrogen and oxygen atoms in total. The van der Waals surface area contributed by atoms with Crippen LogP contribution in [0, 0.1) is 12.3 Å². The highest BCUT2D eigenvalue weighted by molar-refractivity contribution is 5.91. The molecule has 1 aromatic carbocycles. The van der Waals surface area contributed by atoms with Crippen molar-refractivity contribution >= 4 is 23.3 Å². The molecule has 0 amide bonds. The van der Waals surface area contributed by atoms with Crippen molar-refractivity contribution < 1.29 is 4.74 Å². The molecule has 2 aromatic rings. The van der Waals surface area contributed by atoms with Gasteiger partial charge in [0.05, 0.1) is 30.8 Å². The highest BCUT2D eigenvalue weighted by Crippen LogP contribution is 2.29. The molecular formula is C28H40N6O. The molecule has 0 aliphatic carbocycles. The molecule has 0 radical (unpaired) electrons. The fourth-order valence-corrected chi connectivity index (χ4v) is 5.09. The maximum atomic E-state index is 5.54. The second-order valence-corrected chi connectivity index (χ2v) is 10.0. The van der Waals surface area contributed by atoms with Crippen LogP contribution in [0.4, 0.5) is 5.69 Å². The molecule has 2 saturated heterocycles. The Bertz CT molecular complexity index is 1020. The summed E-state index contributed by atoms with van der Waals surface area (Å²) in [5.41, 5.74) is 5.58. The first kappa shape index (κ1) is 25.3. The van der Waals surface area contributed by atoms with Crippen LogP contribution >= 0.6 is 0 Å². The summed E-state index contributed by atoms with van der Waals surface area (Å²) in [6.07, 6.45) is 9.72. The first-order valence-electron chi connectivity index (χ1n) is 12.9. The van der Waals surface area contributed by atoms with Crippen LogP contribution in [-0.4, -0.2) is 73.2 Å². The third-order valence-electron chi connectivity index (χ3n) is 7.09. The van der Waals surface area contributed by atoms with E-state index in [-0.39, 0.29) is 5.41 Å². The summed E-state index contributed by atoms with van der Waals surface area (Å²) in [5.74, 6) is 1.03. The van der Waals surface area contributed by atoms with Crippen molar-refractivity contribution in [3.05, 3.63) is 53.6 Å². The number of ether oxygens (including phenoxy) is 1. The van der Waals surface area contributed by atoms with Crippen molar-refractivity contribution in [1.29, 1.82) is 0 Å². The Morgan fingerprint density at radius 3 is 2.77 bits per heavy atom. The van der Waals surface area contributed by atoms with Crippen molar-refractivity contribution in [1.82, 2.24) is 20.2 Å².